The van der Waals surface area contributed by atoms with Crippen molar-refractivity contribution in [3.63, 3.8) is 0 Å². The zero-order valence-electron chi connectivity index (χ0n) is 26.1. The van der Waals surface area contributed by atoms with Crippen LogP contribution in [0.1, 0.15) is 74.2 Å². The SMILES string of the molecule is C#CCN(C)C(=O)c1c(N(C=O)CCCCP(=O)(OCC)OCC)nc(CCc2ccc(OC)cc2)n1CC1CCCC1. The van der Waals surface area contributed by atoms with Gasteiger partial charge in [-0.3, -0.25) is 19.1 Å². The third-order valence-corrected chi connectivity index (χ3v) is 9.92. The van der Waals surface area contributed by atoms with E-state index in [1.54, 1.807) is 28.0 Å². The van der Waals surface area contributed by atoms with Crippen LogP contribution in [0.2, 0.25) is 0 Å². The molecule has 1 aromatic carbocycles. The number of carbonyl (C=O) groups is 2. The van der Waals surface area contributed by atoms with E-state index in [9.17, 15) is 14.2 Å². The number of methoxy groups -OCH3 is 1. The minimum atomic E-state index is -3.18. The number of amides is 2. The van der Waals surface area contributed by atoms with Crippen LogP contribution in [-0.2, 0) is 37.8 Å². The Balaban J connectivity index is 1.93. The normalized spacial score (nSPS) is 13.6. The Morgan fingerprint density at radius 2 is 1.81 bits per heavy atom. The average Bonchev–Trinajstić information content (AvgIpc) is 3.64. The Hall–Kier alpha value is -3.12. The van der Waals surface area contributed by atoms with Crippen LogP contribution in [0.15, 0.2) is 24.3 Å². The Kier molecular flexibility index (Phi) is 13.8. The number of rotatable bonds is 19. The van der Waals surface area contributed by atoms with Crippen LogP contribution in [0.25, 0.3) is 0 Å². The lowest BCUT2D eigenvalue weighted by Gasteiger charge is -2.22. The maximum Gasteiger partial charge on any atom is 0.330 e. The number of ether oxygens (including phenoxy) is 1. The summed E-state index contributed by atoms with van der Waals surface area (Å²) in [7, 11) is 0.123. The Morgan fingerprint density at radius 3 is 2.40 bits per heavy atom. The molecule has 0 aliphatic heterocycles. The number of nitrogens with zero attached hydrogens (tertiary/aromatic N) is 4. The first-order valence-corrected chi connectivity index (χ1v) is 17.0. The van der Waals surface area contributed by atoms with Gasteiger partial charge >= 0.3 is 7.60 Å². The summed E-state index contributed by atoms with van der Waals surface area (Å²) in [6, 6.07) is 7.91. The fourth-order valence-electron chi connectivity index (χ4n) is 5.53. The molecule has 1 heterocycles. The van der Waals surface area contributed by atoms with Gasteiger partial charge in [-0.2, -0.15) is 0 Å². The van der Waals surface area contributed by atoms with E-state index in [1.807, 2.05) is 28.8 Å². The van der Waals surface area contributed by atoms with Crippen molar-refractivity contribution >= 4 is 25.7 Å². The van der Waals surface area contributed by atoms with Crippen molar-refractivity contribution < 1.29 is 27.9 Å². The molecule has 2 aromatic rings. The molecule has 43 heavy (non-hydrogen) atoms. The van der Waals surface area contributed by atoms with Crippen LogP contribution < -0.4 is 9.64 Å². The van der Waals surface area contributed by atoms with E-state index in [0.29, 0.717) is 69.4 Å². The van der Waals surface area contributed by atoms with Crippen molar-refractivity contribution in [1.82, 2.24) is 14.5 Å². The monoisotopic (exact) mass is 614 g/mol. The third kappa shape index (κ3) is 9.69. The first-order chi connectivity index (χ1) is 20.8. The molecule has 0 unspecified atom stereocenters. The van der Waals surface area contributed by atoms with Gasteiger partial charge in [-0.25, -0.2) is 4.98 Å². The minimum absolute atomic E-state index is 0.138. The molecular weight excluding hydrogens is 567 g/mol. The fraction of sp³-hybridized carbons (Fsp3) is 0.594. The lowest BCUT2D eigenvalue weighted by molar-refractivity contribution is -0.107. The number of aromatic nitrogens is 2. The second kappa shape index (κ2) is 17.2. The van der Waals surface area contributed by atoms with Crippen LogP contribution in [0.4, 0.5) is 5.82 Å². The summed E-state index contributed by atoms with van der Waals surface area (Å²) in [6.07, 6.45) is 13.4. The Labute approximate surface area is 256 Å². The van der Waals surface area contributed by atoms with Crippen molar-refractivity contribution in [3.05, 3.63) is 41.3 Å². The van der Waals surface area contributed by atoms with Crippen molar-refractivity contribution in [3.8, 4) is 18.1 Å². The lowest BCUT2D eigenvalue weighted by Crippen LogP contribution is -2.33. The highest BCUT2D eigenvalue weighted by atomic mass is 31.2. The maximum absolute atomic E-state index is 13.9. The molecule has 1 saturated carbocycles. The second-order valence-corrected chi connectivity index (χ2v) is 13.0. The van der Waals surface area contributed by atoms with Crippen molar-refractivity contribution in [2.45, 2.75) is 71.8 Å². The summed E-state index contributed by atoms with van der Waals surface area (Å²) in [5.74, 6) is 4.60. The number of terminal acetylenes is 1. The lowest BCUT2D eigenvalue weighted by atomic mass is 10.1. The van der Waals surface area contributed by atoms with Gasteiger partial charge in [0, 0.05) is 26.6 Å². The number of unbranched alkanes of at least 4 members (excludes halogenated alkanes) is 1. The molecule has 0 spiro atoms. The molecule has 11 heteroatoms. The van der Waals surface area contributed by atoms with Crippen LogP contribution in [0, 0.1) is 18.3 Å². The first-order valence-electron chi connectivity index (χ1n) is 15.3. The van der Waals surface area contributed by atoms with Gasteiger partial charge in [0.1, 0.15) is 11.6 Å². The Morgan fingerprint density at radius 1 is 1.14 bits per heavy atom. The molecule has 0 saturated heterocycles. The predicted octanol–water partition coefficient (Wildman–Crippen LogP) is 5.58. The van der Waals surface area contributed by atoms with E-state index in [-0.39, 0.29) is 18.6 Å². The van der Waals surface area contributed by atoms with Crippen molar-refractivity contribution in [2.24, 2.45) is 5.92 Å². The summed E-state index contributed by atoms with van der Waals surface area (Å²) in [5.41, 5.74) is 1.51. The number of carbonyl (C=O) groups excluding carboxylic acids is 2. The van der Waals surface area contributed by atoms with E-state index in [0.717, 1.165) is 36.4 Å². The van der Waals surface area contributed by atoms with Gasteiger partial charge in [0.05, 0.1) is 33.0 Å². The molecule has 1 aliphatic carbocycles. The van der Waals surface area contributed by atoms with Crippen LogP contribution in [0.3, 0.4) is 0 Å². The smallest absolute Gasteiger partial charge is 0.330 e. The highest BCUT2D eigenvalue weighted by molar-refractivity contribution is 7.53. The predicted molar refractivity (Wildman–Crippen MR) is 169 cm³/mol. The largest absolute Gasteiger partial charge is 0.497 e. The van der Waals surface area contributed by atoms with Gasteiger partial charge in [0.2, 0.25) is 6.41 Å². The highest BCUT2D eigenvalue weighted by Gasteiger charge is 2.31. The van der Waals surface area contributed by atoms with Crippen LogP contribution >= 0.6 is 7.60 Å². The summed E-state index contributed by atoms with van der Waals surface area (Å²) >= 11 is 0. The quantitative estimate of drug-likeness (QED) is 0.0881. The zero-order chi connectivity index (χ0) is 31.2. The average molecular weight is 615 g/mol. The molecule has 3 rings (SSSR count). The van der Waals surface area contributed by atoms with Crippen LogP contribution in [-0.4, -0.2) is 73.4 Å². The van der Waals surface area contributed by atoms with Crippen LogP contribution in [0.5, 0.6) is 5.75 Å². The maximum atomic E-state index is 13.9. The molecule has 1 aliphatic rings. The van der Waals surface area contributed by atoms with E-state index in [1.165, 1.54) is 22.6 Å². The molecule has 0 radical (unpaired) electrons. The van der Waals surface area contributed by atoms with E-state index in [2.05, 4.69) is 5.92 Å². The minimum Gasteiger partial charge on any atom is -0.497 e. The molecule has 0 bridgehead atoms. The third-order valence-electron chi connectivity index (χ3n) is 7.75. The summed E-state index contributed by atoms with van der Waals surface area (Å²) < 4.78 is 31.0. The number of imidazole rings is 1. The summed E-state index contributed by atoms with van der Waals surface area (Å²) in [6.45, 7) is 5.26. The van der Waals surface area contributed by atoms with E-state index in [4.69, 9.17) is 25.2 Å². The van der Waals surface area contributed by atoms with Crippen molar-refractivity contribution in [1.29, 1.82) is 0 Å². The molecular formula is C32H47N4O6P. The van der Waals surface area contributed by atoms with Gasteiger partial charge in [-0.05, 0) is 69.6 Å². The van der Waals surface area contributed by atoms with E-state index >= 15 is 0 Å². The zero-order valence-corrected chi connectivity index (χ0v) is 27.0. The number of aryl methyl sites for hydroxylation is 2. The standard InChI is InChI=1S/C32H47N4O6P/c1-6-21-34(4)32(38)30-31(35(25-37)22-11-12-23-43(39,41-7-2)42-8-3)33-29(36(30)24-27-13-9-10-14-27)20-17-26-15-18-28(40-5)19-16-26/h1,15-16,18-19,25,27H,7-14,17,20-24H2,2-5H3. The van der Waals surface area contributed by atoms with Gasteiger partial charge in [0.25, 0.3) is 5.91 Å². The topological polar surface area (TPSA) is 103 Å². The van der Waals surface area contributed by atoms with Gasteiger partial charge in [-0.1, -0.05) is 30.9 Å². The molecule has 1 fully saturated rings. The van der Waals surface area contributed by atoms with Gasteiger partial charge < -0.3 is 23.3 Å². The van der Waals surface area contributed by atoms with Crippen molar-refractivity contribution in [2.75, 3.05) is 51.5 Å². The molecule has 1 aromatic heterocycles. The fourth-order valence-corrected chi connectivity index (χ4v) is 7.26. The summed E-state index contributed by atoms with van der Waals surface area (Å²) in [4.78, 5) is 34.3. The second-order valence-electron chi connectivity index (χ2n) is 10.9. The molecule has 236 valence electrons. The van der Waals surface area contributed by atoms with E-state index < -0.39 is 7.60 Å². The molecule has 10 nitrogen and oxygen atoms in total. The van der Waals surface area contributed by atoms with Gasteiger partial charge in [-0.15, -0.1) is 6.42 Å². The first kappa shape index (κ1) is 34.4. The van der Waals surface area contributed by atoms with Gasteiger partial charge in [0.15, 0.2) is 11.5 Å². The number of anilines is 1. The molecule has 2 amide bonds. The number of hydrogen-bond donors (Lipinski definition) is 0. The molecule has 0 atom stereocenters. The number of benzene rings is 1. The molecule has 0 N–H and O–H groups in total. The highest BCUT2D eigenvalue weighted by Crippen LogP contribution is 2.48. The summed E-state index contributed by atoms with van der Waals surface area (Å²) in [5, 5.41) is 0. The number of hydrogen-bond acceptors (Lipinski definition) is 7. The Bertz CT molecular complexity index is 1260.